The molecule has 304 valence electrons. The summed E-state index contributed by atoms with van der Waals surface area (Å²) in [6.45, 7) is 0. The third kappa shape index (κ3) is 5.87. The van der Waals surface area contributed by atoms with Crippen molar-refractivity contribution >= 4 is 75.1 Å². The van der Waals surface area contributed by atoms with Gasteiger partial charge in [-0.1, -0.05) is 243 Å². The highest BCUT2D eigenvalue weighted by Crippen LogP contribution is 2.39. The second kappa shape index (κ2) is 17.3. The van der Waals surface area contributed by atoms with Crippen LogP contribution >= 0.6 is 0 Å². The Morgan fingerprint density at radius 2 is 0.312 bits per heavy atom. The number of nitriles is 4. The van der Waals surface area contributed by atoms with Crippen molar-refractivity contribution in [2.75, 3.05) is 0 Å². The van der Waals surface area contributed by atoms with E-state index in [1.54, 1.807) is 0 Å². The minimum absolute atomic E-state index is 0.751. The van der Waals surface area contributed by atoms with Crippen molar-refractivity contribution in [3.63, 3.8) is 0 Å². The first kappa shape index (κ1) is 41.2. The summed E-state index contributed by atoms with van der Waals surface area (Å²) in [7, 11) is -17.8. The molecule has 8 nitrogen and oxygen atoms in total. The molecule has 0 aliphatic carbocycles. The fourth-order valence-corrected chi connectivity index (χ4v) is 40.0. The number of nitrogens with zero attached hydrogens (tertiary/aromatic N) is 8. The average Bonchev–Trinajstić information content (AvgIpc) is 3.38. The van der Waals surface area contributed by atoms with Crippen molar-refractivity contribution in [1.82, 2.24) is 16.9 Å². The van der Waals surface area contributed by atoms with Crippen molar-refractivity contribution in [2.45, 2.75) is 0 Å². The summed E-state index contributed by atoms with van der Waals surface area (Å²) >= 11 is 0. The Morgan fingerprint density at radius 1 is 0.203 bits per heavy atom. The lowest BCUT2D eigenvalue weighted by Gasteiger charge is -2.66. The number of hydrogen-bond donors (Lipinski definition) is 0. The minimum Gasteiger partial charge on any atom is -0.312 e. The summed E-state index contributed by atoms with van der Waals surface area (Å²) in [6.07, 6.45) is 11.6. The van der Waals surface area contributed by atoms with Gasteiger partial charge in [0, 0.05) is 0 Å². The van der Waals surface area contributed by atoms with Gasteiger partial charge in [0.15, 0.2) is 24.8 Å². The van der Waals surface area contributed by atoms with Gasteiger partial charge in [-0.15, -0.1) is 0 Å². The molecule has 8 aromatic rings. The van der Waals surface area contributed by atoms with E-state index >= 15 is 0 Å². The average molecular weight is 889 g/mol. The lowest BCUT2D eigenvalue weighted by atomic mass is 10.4. The van der Waals surface area contributed by atoms with E-state index in [1.165, 1.54) is 0 Å². The van der Waals surface area contributed by atoms with E-state index in [4.69, 9.17) is 0 Å². The monoisotopic (exact) mass is 888 g/mol. The van der Waals surface area contributed by atoms with Gasteiger partial charge in [0.1, 0.15) is 0 Å². The maximum atomic E-state index is 12.8. The largest absolute Gasteiger partial charge is 0.336 e. The van der Waals surface area contributed by atoms with E-state index in [0.29, 0.717) is 0 Å². The summed E-state index contributed by atoms with van der Waals surface area (Å²) in [4.78, 5) is 0. The first-order valence-electron chi connectivity index (χ1n) is 20.9. The second-order valence-corrected chi connectivity index (χ2v) is 30.7. The van der Waals surface area contributed by atoms with Gasteiger partial charge in [-0.05, 0) is 41.5 Å². The van der Waals surface area contributed by atoms with Gasteiger partial charge >= 0.3 is 33.6 Å². The molecule has 64 heavy (non-hydrogen) atoms. The van der Waals surface area contributed by atoms with Crippen molar-refractivity contribution in [2.24, 2.45) is 0 Å². The molecule has 12 heteroatoms. The van der Waals surface area contributed by atoms with Crippen molar-refractivity contribution in [3.8, 4) is 24.8 Å². The van der Waals surface area contributed by atoms with Crippen LogP contribution in [0.4, 0.5) is 0 Å². The molecule has 0 bridgehead atoms. The molecule has 9 rings (SSSR count). The molecular formula is C52H40N8Si4. The molecular weight excluding hydrogens is 849 g/mol. The molecule has 8 aromatic carbocycles. The Morgan fingerprint density at radius 3 is 0.406 bits per heavy atom. The van der Waals surface area contributed by atoms with Crippen LogP contribution in [0.3, 0.4) is 0 Å². The van der Waals surface area contributed by atoms with Gasteiger partial charge in [0.25, 0.3) is 0 Å². The summed E-state index contributed by atoms with van der Waals surface area (Å²) in [5.41, 5.74) is 0. The highest BCUT2D eigenvalue weighted by Gasteiger charge is 2.77. The zero-order valence-electron chi connectivity index (χ0n) is 34.7. The van der Waals surface area contributed by atoms with Crippen molar-refractivity contribution in [1.29, 1.82) is 21.0 Å². The van der Waals surface area contributed by atoms with Crippen LogP contribution in [0.1, 0.15) is 0 Å². The van der Waals surface area contributed by atoms with Gasteiger partial charge in [-0.3, -0.25) is 0 Å². The quantitative estimate of drug-likeness (QED) is 0.166. The molecule has 1 heterocycles. The predicted molar refractivity (Wildman–Crippen MR) is 261 cm³/mol. The molecule has 0 unspecified atom stereocenters. The van der Waals surface area contributed by atoms with E-state index in [9.17, 15) is 21.0 Å². The molecule has 0 spiro atoms. The van der Waals surface area contributed by atoms with Crippen LogP contribution in [-0.4, -0.2) is 50.5 Å². The Bertz CT molecular complexity index is 2420. The highest BCUT2D eigenvalue weighted by atomic mass is 28.5. The first-order chi connectivity index (χ1) is 31.6. The van der Waals surface area contributed by atoms with Crippen LogP contribution in [0.15, 0.2) is 243 Å². The summed E-state index contributed by atoms with van der Waals surface area (Å²) in [5.74, 6) is 0. The Labute approximate surface area is 378 Å². The molecule has 0 radical (unpaired) electrons. The molecule has 0 aromatic heterocycles. The second-order valence-electron chi connectivity index (χ2n) is 15.4. The Balaban J connectivity index is 1.69. The van der Waals surface area contributed by atoms with Crippen LogP contribution in [0.2, 0.25) is 0 Å². The van der Waals surface area contributed by atoms with Gasteiger partial charge in [-0.2, -0.15) is 21.0 Å². The summed E-state index contributed by atoms with van der Waals surface area (Å²) < 4.78 is 7.88. The predicted octanol–water partition coefficient (Wildman–Crippen LogP) is 4.16. The third-order valence-electron chi connectivity index (χ3n) is 12.4. The van der Waals surface area contributed by atoms with Crippen LogP contribution in [0.5, 0.6) is 0 Å². The number of benzene rings is 8. The number of rotatable bonds is 8. The summed E-state index contributed by atoms with van der Waals surface area (Å²) in [5, 5.41) is 57.3. The smallest absolute Gasteiger partial charge is 0.312 e. The van der Waals surface area contributed by atoms with E-state index < -0.39 is 33.6 Å². The van der Waals surface area contributed by atoms with Crippen LogP contribution in [-0.2, 0) is 0 Å². The zero-order valence-corrected chi connectivity index (χ0v) is 38.7. The van der Waals surface area contributed by atoms with Gasteiger partial charge in [-0.25, -0.2) is 0 Å². The summed E-state index contributed by atoms with van der Waals surface area (Å²) in [6, 6.07) is 79.1. The van der Waals surface area contributed by atoms with E-state index in [-0.39, 0.29) is 0 Å². The molecule has 0 saturated carbocycles. The molecule has 1 aliphatic heterocycles. The lowest BCUT2D eigenvalue weighted by molar-refractivity contribution is 0.608. The fourth-order valence-electron chi connectivity index (χ4n) is 10.0. The van der Waals surface area contributed by atoms with Gasteiger partial charge in [0.05, 0.1) is 0 Å². The van der Waals surface area contributed by atoms with E-state index in [1.807, 2.05) is 260 Å². The van der Waals surface area contributed by atoms with E-state index in [0.717, 1.165) is 41.5 Å². The van der Waals surface area contributed by atoms with Crippen LogP contribution in [0.25, 0.3) is 0 Å². The van der Waals surface area contributed by atoms with Gasteiger partial charge < -0.3 is 16.9 Å². The normalized spacial score (nSPS) is 15.8. The molecule has 0 atom stereocenters. The highest BCUT2D eigenvalue weighted by molar-refractivity contribution is 7.26. The molecule has 0 amide bonds. The molecule has 1 aliphatic rings. The van der Waals surface area contributed by atoms with Crippen molar-refractivity contribution in [3.05, 3.63) is 243 Å². The van der Waals surface area contributed by atoms with Crippen LogP contribution < -0.4 is 41.5 Å². The lowest BCUT2D eigenvalue weighted by Crippen LogP contribution is -3.04. The molecule has 1 fully saturated rings. The van der Waals surface area contributed by atoms with E-state index in [2.05, 4.69) is 24.8 Å². The SMILES string of the molecule is N#CN1[Si](c2ccccc2)(c2ccccc2)N(C#N)[Si](c2ccccc2)(c2ccccc2)N(C#N)[Si](c2ccccc2)(c2ccccc2)N(C#N)[Si]1(c1ccccc1)c1ccccc1. The first-order valence-corrected chi connectivity index (χ1v) is 28.4. The fraction of sp³-hybridized carbons (Fsp3) is 0. The van der Waals surface area contributed by atoms with Gasteiger partial charge in [0.2, 0.25) is 0 Å². The van der Waals surface area contributed by atoms with Crippen LogP contribution in [0, 0.1) is 45.8 Å². The number of hydrogen-bond acceptors (Lipinski definition) is 8. The molecule has 0 N–H and O–H groups in total. The Kier molecular flexibility index (Phi) is 11.1. The zero-order chi connectivity index (χ0) is 44.0. The third-order valence-corrected chi connectivity index (χ3v) is 35.3. The maximum absolute atomic E-state index is 12.8. The maximum Gasteiger partial charge on any atom is 0.336 e. The standard InChI is InChI=1S/C52H40N8Si4/c53-41-57-61(45-25-9-1-10-26-45,46-27-11-2-12-28-46)58(42-54)63(49-33-17-5-18-34-49,50-35-19-6-20-36-50)60(44-56)64(51-37-21-7-22-38-51,52-39-23-8-24-40-52)59(43-55)62(57,47-29-13-3-14-30-47)48-31-15-4-16-32-48/h1-40H. The van der Waals surface area contributed by atoms with Crippen molar-refractivity contribution < 1.29 is 0 Å². The topological polar surface area (TPSA) is 108 Å². The minimum atomic E-state index is -4.45. The molecule has 1 saturated heterocycles. The Hall–Kier alpha value is -8.21.